The molecule has 1 aliphatic rings. The maximum absolute atomic E-state index is 12.8. The highest BCUT2D eigenvalue weighted by molar-refractivity contribution is 7.10. The smallest absolute Gasteiger partial charge is 0.406 e. The molecule has 0 spiro atoms. The van der Waals surface area contributed by atoms with Crippen LogP contribution in [0, 0.1) is 10.1 Å². The molecule has 1 fully saturated rings. The first-order valence-corrected chi connectivity index (χ1v) is 8.56. The molecule has 3 rings (SSSR count). The molecule has 0 saturated carbocycles. The highest BCUT2D eigenvalue weighted by Crippen LogP contribution is 2.35. The molecule has 0 radical (unpaired) electrons. The Labute approximate surface area is 143 Å². The Hall–Kier alpha value is -2.48. The van der Waals surface area contributed by atoms with E-state index in [-0.39, 0.29) is 23.5 Å². The van der Waals surface area contributed by atoms with Crippen molar-refractivity contribution >= 4 is 23.1 Å². The van der Waals surface area contributed by atoms with E-state index in [1.807, 2.05) is 17.5 Å². The summed E-state index contributed by atoms with van der Waals surface area (Å²) in [5.41, 5.74) is 0. The fraction of sp³-hybridized carbons (Fsp3) is 0.375. The quantitative estimate of drug-likeness (QED) is 0.612. The second-order valence-electron chi connectivity index (χ2n) is 5.55. The van der Waals surface area contributed by atoms with Gasteiger partial charge in [-0.15, -0.1) is 11.3 Å². The van der Waals surface area contributed by atoms with E-state index in [1.165, 1.54) is 12.3 Å². The van der Waals surface area contributed by atoms with Gasteiger partial charge in [-0.1, -0.05) is 6.07 Å². The minimum Gasteiger partial charge on any atom is -0.473 e. The van der Waals surface area contributed by atoms with Gasteiger partial charge in [0.2, 0.25) is 5.75 Å². The zero-order chi connectivity index (χ0) is 17.1. The lowest BCUT2D eigenvalue weighted by Crippen LogP contribution is -2.40. The zero-order valence-corrected chi connectivity index (χ0v) is 13.9. The molecular weight excluding hydrogens is 330 g/mol. The van der Waals surface area contributed by atoms with Crippen LogP contribution in [0.15, 0.2) is 35.8 Å². The first-order valence-electron chi connectivity index (χ1n) is 7.68. The van der Waals surface area contributed by atoms with Crippen LogP contribution in [0.4, 0.5) is 5.82 Å². The van der Waals surface area contributed by atoms with Crippen LogP contribution in [0.3, 0.4) is 0 Å². The number of hydrogen-bond donors (Lipinski definition) is 0. The van der Waals surface area contributed by atoms with Crippen LogP contribution in [0.1, 0.15) is 30.7 Å². The molecule has 24 heavy (non-hydrogen) atoms. The average Bonchev–Trinajstić information content (AvgIpc) is 3.25. The molecule has 7 nitrogen and oxygen atoms in total. The van der Waals surface area contributed by atoms with Gasteiger partial charge in [-0.05, 0) is 53.3 Å². The summed E-state index contributed by atoms with van der Waals surface area (Å²) < 4.78 is 5.55. The van der Waals surface area contributed by atoms with Gasteiger partial charge >= 0.3 is 5.82 Å². The first kappa shape index (κ1) is 16.4. The molecule has 0 unspecified atom stereocenters. The molecule has 0 aliphatic carbocycles. The second kappa shape index (κ2) is 6.96. The number of nitro groups is 1. The van der Waals surface area contributed by atoms with Crippen LogP contribution >= 0.6 is 11.3 Å². The van der Waals surface area contributed by atoms with Gasteiger partial charge in [0.25, 0.3) is 5.91 Å². The number of likely N-dealkylation sites (tertiary alicyclic amines) is 1. The minimum atomic E-state index is -0.812. The molecule has 1 amide bonds. The summed E-state index contributed by atoms with van der Waals surface area (Å²) in [5, 5.41) is 13.0. The first-order chi connectivity index (χ1) is 11.6. The molecule has 2 aromatic rings. The third-order valence-corrected chi connectivity index (χ3v) is 4.96. The Morgan fingerprint density at radius 2 is 2.33 bits per heavy atom. The van der Waals surface area contributed by atoms with Crippen molar-refractivity contribution < 1.29 is 14.5 Å². The Morgan fingerprint density at radius 3 is 3.04 bits per heavy atom. The highest BCUT2D eigenvalue weighted by atomic mass is 32.1. The van der Waals surface area contributed by atoms with E-state index in [0.717, 1.165) is 17.7 Å². The summed E-state index contributed by atoms with van der Waals surface area (Å²) in [6.07, 6.45) is 2.37. The summed E-state index contributed by atoms with van der Waals surface area (Å²) in [6, 6.07) is 7.06. The Kier molecular flexibility index (Phi) is 4.75. The lowest BCUT2D eigenvalue weighted by molar-refractivity contribution is -0.390. The molecule has 0 bridgehead atoms. The third kappa shape index (κ3) is 3.23. The minimum absolute atomic E-state index is 0.00946. The van der Waals surface area contributed by atoms with Gasteiger partial charge in [-0.3, -0.25) is 4.79 Å². The van der Waals surface area contributed by atoms with E-state index < -0.39 is 11.0 Å². The van der Waals surface area contributed by atoms with Gasteiger partial charge in [0, 0.05) is 11.4 Å². The van der Waals surface area contributed by atoms with Crippen LogP contribution in [-0.2, 0) is 4.79 Å². The predicted octanol–water partition coefficient (Wildman–Crippen LogP) is 3.18. The number of aromatic nitrogens is 1. The van der Waals surface area contributed by atoms with Crippen LogP contribution in [-0.4, -0.2) is 33.4 Å². The van der Waals surface area contributed by atoms with Crippen LogP contribution in [0.2, 0.25) is 0 Å². The standard InChI is InChI=1S/C16H17N3O4S/c1-11(23-13-6-2-8-17-15(13)19(21)22)16(20)18-9-3-5-12(18)14-7-4-10-24-14/h2,4,6-8,10-12H,3,5,9H2,1H3/t11-,12-/m0/s1. The number of amides is 1. The number of rotatable bonds is 5. The largest absolute Gasteiger partial charge is 0.473 e. The van der Waals surface area contributed by atoms with Gasteiger partial charge in [0.05, 0.1) is 6.04 Å². The molecule has 8 heteroatoms. The summed E-state index contributed by atoms with van der Waals surface area (Å²) >= 11 is 1.63. The number of pyridine rings is 1. The van der Waals surface area contributed by atoms with Crippen molar-refractivity contribution in [2.75, 3.05) is 6.54 Å². The van der Waals surface area contributed by atoms with Crippen LogP contribution in [0.5, 0.6) is 5.75 Å². The average molecular weight is 347 g/mol. The molecule has 126 valence electrons. The maximum atomic E-state index is 12.8. The van der Waals surface area contributed by atoms with Crippen molar-refractivity contribution in [1.82, 2.24) is 9.88 Å². The molecule has 3 heterocycles. The van der Waals surface area contributed by atoms with Gasteiger partial charge in [-0.25, -0.2) is 0 Å². The monoisotopic (exact) mass is 347 g/mol. The Balaban J connectivity index is 1.74. The fourth-order valence-corrected chi connectivity index (χ4v) is 3.77. The summed E-state index contributed by atoms with van der Waals surface area (Å²) in [7, 11) is 0. The van der Waals surface area contributed by atoms with Crippen molar-refractivity contribution in [1.29, 1.82) is 0 Å². The van der Waals surface area contributed by atoms with Gasteiger partial charge in [0.1, 0.15) is 6.20 Å². The number of carbonyl (C=O) groups is 1. The maximum Gasteiger partial charge on any atom is 0.406 e. The fourth-order valence-electron chi connectivity index (χ4n) is 2.89. The van der Waals surface area contributed by atoms with Gasteiger partial charge < -0.3 is 19.8 Å². The summed E-state index contributed by atoms with van der Waals surface area (Å²) in [6.45, 7) is 2.28. The van der Waals surface area contributed by atoms with E-state index >= 15 is 0 Å². The van der Waals surface area contributed by atoms with E-state index in [1.54, 1.807) is 29.2 Å². The molecule has 1 aliphatic heterocycles. The Bertz CT molecular complexity index is 735. The number of carbonyl (C=O) groups excluding carboxylic acids is 1. The van der Waals surface area contributed by atoms with E-state index in [0.29, 0.717) is 6.54 Å². The highest BCUT2D eigenvalue weighted by Gasteiger charge is 2.34. The van der Waals surface area contributed by atoms with Crippen molar-refractivity contribution in [3.05, 3.63) is 50.8 Å². The molecule has 2 atom stereocenters. The lowest BCUT2D eigenvalue weighted by atomic mass is 10.2. The third-order valence-electron chi connectivity index (χ3n) is 3.98. The lowest BCUT2D eigenvalue weighted by Gasteiger charge is -2.27. The van der Waals surface area contributed by atoms with Crippen molar-refractivity contribution in [3.8, 4) is 5.75 Å². The van der Waals surface area contributed by atoms with Crippen molar-refractivity contribution in [2.24, 2.45) is 0 Å². The normalized spacial score (nSPS) is 18.4. The molecule has 1 saturated heterocycles. The van der Waals surface area contributed by atoms with Crippen LogP contribution < -0.4 is 4.74 Å². The molecule has 2 aromatic heterocycles. The SMILES string of the molecule is C[C@H](Oc1cccnc1[N+](=O)[O-])C(=O)N1CCC[C@H]1c1cccs1. The summed E-state index contributed by atoms with van der Waals surface area (Å²) in [4.78, 5) is 29.8. The van der Waals surface area contributed by atoms with Crippen molar-refractivity contribution in [3.63, 3.8) is 0 Å². The number of ether oxygens (including phenoxy) is 1. The topological polar surface area (TPSA) is 85.6 Å². The van der Waals surface area contributed by atoms with Crippen molar-refractivity contribution in [2.45, 2.75) is 31.9 Å². The molecule has 0 aromatic carbocycles. The van der Waals surface area contributed by atoms with Gasteiger partial charge in [0.15, 0.2) is 6.10 Å². The zero-order valence-electron chi connectivity index (χ0n) is 13.1. The number of thiophene rings is 1. The predicted molar refractivity (Wildman–Crippen MR) is 89.0 cm³/mol. The Morgan fingerprint density at radius 1 is 1.50 bits per heavy atom. The van der Waals surface area contributed by atoms with E-state index in [9.17, 15) is 14.9 Å². The van der Waals surface area contributed by atoms with E-state index in [2.05, 4.69) is 4.98 Å². The molecular formula is C16H17N3O4S. The molecule has 0 N–H and O–H groups in total. The number of nitrogens with zero attached hydrogens (tertiary/aromatic N) is 3. The van der Waals surface area contributed by atoms with Gasteiger partial charge in [-0.2, -0.15) is 0 Å². The second-order valence-corrected chi connectivity index (χ2v) is 6.53. The summed E-state index contributed by atoms with van der Waals surface area (Å²) in [5.74, 6) is -0.535. The van der Waals surface area contributed by atoms with E-state index in [4.69, 9.17) is 4.74 Å². The van der Waals surface area contributed by atoms with Crippen LogP contribution in [0.25, 0.3) is 0 Å². The number of hydrogen-bond acceptors (Lipinski definition) is 6.